The summed E-state index contributed by atoms with van der Waals surface area (Å²) in [5, 5.41) is 0. The third-order valence-corrected chi connectivity index (χ3v) is 5.09. The van der Waals surface area contributed by atoms with E-state index in [9.17, 15) is 9.59 Å². The van der Waals surface area contributed by atoms with E-state index in [1.165, 1.54) is 4.90 Å². The first-order chi connectivity index (χ1) is 12.2. The highest BCUT2D eigenvalue weighted by atomic mass is 32.2. The van der Waals surface area contributed by atoms with Crippen molar-refractivity contribution in [2.75, 3.05) is 32.4 Å². The molecule has 25 heavy (non-hydrogen) atoms. The van der Waals surface area contributed by atoms with Gasteiger partial charge in [0.2, 0.25) is 5.91 Å². The van der Waals surface area contributed by atoms with Gasteiger partial charge in [-0.3, -0.25) is 14.6 Å². The van der Waals surface area contributed by atoms with Crippen molar-refractivity contribution < 1.29 is 9.59 Å². The minimum atomic E-state index is -0.0205. The molecule has 2 amide bonds. The Labute approximate surface area is 152 Å². The Balaban J connectivity index is 1.53. The van der Waals surface area contributed by atoms with Crippen molar-refractivity contribution in [1.29, 1.82) is 0 Å². The van der Waals surface area contributed by atoms with E-state index in [1.54, 1.807) is 41.2 Å². The molecule has 2 aromatic rings. The van der Waals surface area contributed by atoms with Crippen molar-refractivity contribution in [3.63, 3.8) is 0 Å². The maximum absolute atomic E-state index is 12.5. The van der Waals surface area contributed by atoms with Crippen LogP contribution in [0.15, 0.2) is 53.7 Å². The van der Waals surface area contributed by atoms with E-state index >= 15 is 0 Å². The van der Waals surface area contributed by atoms with Crippen LogP contribution in [-0.2, 0) is 11.2 Å². The topological polar surface area (TPSA) is 53.5 Å². The summed E-state index contributed by atoms with van der Waals surface area (Å²) < 4.78 is 0. The zero-order valence-corrected chi connectivity index (χ0v) is 15.0. The van der Waals surface area contributed by atoms with Gasteiger partial charge in [0.05, 0.1) is 12.0 Å². The molecular weight excluding hydrogens is 334 g/mol. The number of hydrogen-bond donors (Lipinski definition) is 0. The first-order valence-corrected chi connectivity index (χ1v) is 9.50. The van der Waals surface area contributed by atoms with E-state index in [1.807, 2.05) is 35.4 Å². The second-order valence-electron chi connectivity index (χ2n) is 5.94. The Bertz CT molecular complexity index is 726. The lowest BCUT2D eigenvalue weighted by Gasteiger charge is -2.34. The molecule has 1 aliphatic heterocycles. The molecular formula is C19H21N3O2S. The van der Waals surface area contributed by atoms with Crippen molar-refractivity contribution in [2.45, 2.75) is 11.3 Å². The fourth-order valence-corrected chi connectivity index (χ4v) is 3.27. The number of amides is 2. The number of carbonyl (C=O) groups excluding carboxylic acids is 2. The fourth-order valence-electron chi connectivity index (χ4n) is 2.86. The molecule has 0 bridgehead atoms. The molecule has 130 valence electrons. The second-order valence-corrected chi connectivity index (χ2v) is 6.82. The van der Waals surface area contributed by atoms with Gasteiger partial charge in [0.15, 0.2) is 0 Å². The summed E-state index contributed by atoms with van der Waals surface area (Å²) in [6.07, 6.45) is 5.68. The van der Waals surface area contributed by atoms with E-state index in [-0.39, 0.29) is 11.8 Å². The van der Waals surface area contributed by atoms with Crippen molar-refractivity contribution >= 4 is 23.6 Å². The first-order valence-electron chi connectivity index (χ1n) is 8.27. The van der Waals surface area contributed by atoms with Gasteiger partial charge >= 0.3 is 0 Å². The Kier molecular flexibility index (Phi) is 5.71. The predicted molar refractivity (Wildman–Crippen MR) is 98.6 cm³/mol. The molecule has 1 aromatic carbocycles. The molecule has 0 unspecified atom stereocenters. The smallest absolute Gasteiger partial charge is 0.255 e. The molecule has 0 atom stereocenters. The second kappa shape index (κ2) is 8.16. The normalized spacial score (nSPS) is 14.4. The number of hydrogen-bond acceptors (Lipinski definition) is 4. The predicted octanol–water partition coefficient (Wildman–Crippen LogP) is 2.33. The summed E-state index contributed by atoms with van der Waals surface area (Å²) in [5.74, 6) is 0.0956. The van der Waals surface area contributed by atoms with Crippen LogP contribution in [0.5, 0.6) is 0 Å². The highest BCUT2D eigenvalue weighted by Gasteiger charge is 2.24. The van der Waals surface area contributed by atoms with E-state index in [0.717, 1.165) is 5.56 Å². The number of rotatable bonds is 4. The number of piperazine rings is 1. The average Bonchev–Trinajstić information content (AvgIpc) is 2.69. The molecule has 1 aromatic heterocycles. The van der Waals surface area contributed by atoms with Gasteiger partial charge in [-0.25, -0.2) is 0 Å². The molecule has 0 radical (unpaired) electrons. The van der Waals surface area contributed by atoms with Crippen LogP contribution in [0, 0.1) is 0 Å². The SMILES string of the molecule is CSc1ccc(CC(=O)N2CCN(C(=O)c3cccnc3)CC2)cc1. The highest BCUT2D eigenvalue weighted by Crippen LogP contribution is 2.16. The lowest BCUT2D eigenvalue weighted by Crippen LogP contribution is -2.51. The van der Waals surface area contributed by atoms with Gasteiger partial charge in [-0.15, -0.1) is 11.8 Å². The van der Waals surface area contributed by atoms with Crippen molar-refractivity contribution in [1.82, 2.24) is 14.8 Å². The molecule has 1 aliphatic rings. The van der Waals surface area contributed by atoms with Gasteiger partial charge in [-0.2, -0.15) is 0 Å². The monoisotopic (exact) mass is 355 g/mol. The van der Waals surface area contributed by atoms with Crippen LogP contribution in [0.2, 0.25) is 0 Å². The molecule has 0 saturated carbocycles. The van der Waals surface area contributed by atoms with Gasteiger partial charge < -0.3 is 9.80 Å². The summed E-state index contributed by atoms with van der Waals surface area (Å²) in [7, 11) is 0. The van der Waals surface area contributed by atoms with Crippen LogP contribution in [-0.4, -0.2) is 59.0 Å². The van der Waals surface area contributed by atoms with Gasteiger partial charge in [-0.05, 0) is 36.1 Å². The minimum absolute atomic E-state index is 0.0205. The highest BCUT2D eigenvalue weighted by molar-refractivity contribution is 7.98. The number of pyridine rings is 1. The summed E-state index contributed by atoms with van der Waals surface area (Å²) in [6, 6.07) is 11.6. The lowest BCUT2D eigenvalue weighted by atomic mass is 10.1. The van der Waals surface area contributed by atoms with Crippen LogP contribution in [0.25, 0.3) is 0 Å². The van der Waals surface area contributed by atoms with Gasteiger partial charge in [0.1, 0.15) is 0 Å². The lowest BCUT2D eigenvalue weighted by molar-refractivity contribution is -0.131. The quantitative estimate of drug-likeness (QED) is 0.790. The summed E-state index contributed by atoms with van der Waals surface area (Å²) in [6.45, 7) is 2.28. The van der Waals surface area contributed by atoms with E-state index in [4.69, 9.17) is 0 Å². The fraction of sp³-hybridized carbons (Fsp3) is 0.316. The molecule has 1 saturated heterocycles. The first kappa shape index (κ1) is 17.5. The van der Waals surface area contributed by atoms with Crippen LogP contribution in [0.1, 0.15) is 15.9 Å². The maximum atomic E-state index is 12.5. The molecule has 6 heteroatoms. The zero-order valence-electron chi connectivity index (χ0n) is 14.2. The van der Waals surface area contributed by atoms with Crippen molar-refractivity contribution in [2.24, 2.45) is 0 Å². The molecule has 0 aliphatic carbocycles. The number of benzene rings is 1. The number of thioether (sulfide) groups is 1. The number of nitrogens with zero attached hydrogens (tertiary/aromatic N) is 3. The van der Waals surface area contributed by atoms with E-state index < -0.39 is 0 Å². The van der Waals surface area contributed by atoms with Gasteiger partial charge in [-0.1, -0.05) is 12.1 Å². The van der Waals surface area contributed by atoms with E-state index in [0.29, 0.717) is 38.2 Å². The maximum Gasteiger partial charge on any atom is 0.255 e. The van der Waals surface area contributed by atoms with E-state index in [2.05, 4.69) is 4.98 Å². The van der Waals surface area contributed by atoms with Gasteiger partial charge in [0.25, 0.3) is 5.91 Å². The minimum Gasteiger partial charge on any atom is -0.339 e. The average molecular weight is 355 g/mol. The van der Waals surface area contributed by atoms with Crippen LogP contribution in [0.4, 0.5) is 0 Å². The molecule has 2 heterocycles. The number of aromatic nitrogens is 1. The molecule has 5 nitrogen and oxygen atoms in total. The molecule has 1 fully saturated rings. The van der Waals surface area contributed by atoms with Crippen molar-refractivity contribution in [3.8, 4) is 0 Å². The standard InChI is InChI=1S/C19H21N3O2S/c1-25-17-6-4-15(5-7-17)13-18(23)21-9-11-22(12-10-21)19(24)16-3-2-8-20-14-16/h2-8,14H,9-13H2,1H3. The Morgan fingerprint density at radius 2 is 1.72 bits per heavy atom. The molecule has 3 rings (SSSR count). The summed E-state index contributed by atoms with van der Waals surface area (Å²) >= 11 is 1.69. The molecule has 0 N–H and O–H groups in total. The number of carbonyl (C=O) groups is 2. The Morgan fingerprint density at radius 1 is 1.04 bits per heavy atom. The van der Waals surface area contributed by atoms with Crippen LogP contribution >= 0.6 is 11.8 Å². The zero-order chi connectivity index (χ0) is 17.6. The Hall–Kier alpha value is -2.34. The third kappa shape index (κ3) is 4.39. The van der Waals surface area contributed by atoms with Crippen LogP contribution in [0.3, 0.4) is 0 Å². The van der Waals surface area contributed by atoms with Crippen LogP contribution < -0.4 is 0 Å². The van der Waals surface area contributed by atoms with Gasteiger partial charge in [0, 0.05) is 43.5 Å². The summed E-state index contributed by atoms with van der Waals surface area (Å²) in [5.41, 5.74) is 1.62. The van der Waals surface area contributed by atoms with Crippen molar-refractivity contribution in [3.05, 3.63) is 59.9 Å². The Morgan fingerprint density at radius 3 is 2.32 bits per heavy atom. The summed E-state index contributed by atoms with van der Waals surface area (Å²) in [4.78, 5) is 33.7. The molecule has 0 spiro atoms. The third-order valence-electron chi connectivity index (χ3n) is 4.34. The largest absolute Gasteiger partial charge is 0.339 e.